The van der Waals surface area contributed by atoms with Gasteiger partial charge in [-0.2, -0.15) is 11.1 Å². The fraction of sp³-hybridized carbons (Fsp3) is 0.429. The fourth-order valence-electron chi connectivity index (χ4n) is 0.911. The van der Waals surface area contributed by atoms with E-state index in [1.807, 2.05) is 53.7 Å². The van der Waals surface area contributed by atoms with Crippen LogP contribution >= 0.6 is 0 Å². The third-order valence-corrected chi connectivity index (χ3v) is 1.03. The summed E-state index contributed by atoms with van der Waals surface area (Å²) in [6.45, 7) is 22.5. The van der Waals surface area contributed by atoms with Gasteiger partial charge in [0.2, 0.25) is 0 Å². The Bertz CT molecular complexity index is 219. The Morgan fingerprint density at radius 3 is 0.867 bits per heavy atom. The molecule has 0 unspecified atom stereocenters. The topological polar surface area (TPSA) is 0 Å². The van der Waals surface area contributed by atoms with E-state index >= 15 is 0 Å². The van der Waals surface area contributed by atoms with Crippen LogP contribution in [0.2, 0.25) is 0 Å². The number of hydrogen-bond acceptors (Lipinski definition) is 0. The minimum absolute atomic E-state index is 0. The molecule has 84 valence electrons. The van der Waals surface area contributed by atoms with Crippen LogP contribution in [0.15, 0.2) is 34.4 Å². The molecule has 0 aliphatic carbocycles. The fourth-order valence-corrected chi connectivity index (χ4v) is 0.911. The SMILES string of the molecule is [CH-]=C(C)C=C(C)C.[CH-]=C(C)C=C(C)C.[Cr+2]. The van der Waals surface area contributed by atoms with Crippen molar-refractivity contribution in [1.82, 2.24) is 0 Å². The van der Waals surface area contributed by atoms with Gasteiger partial charge in [0, 0.05) is 0 Å². The predicted octanol–water partition coefficient (Wildman–Crippen LogP) is 4.66. The zero-order valence-corrected chi connectivity index (χ0v) is 12.0. The minimum Gasteiger partial charge on any atom is -0.290 e. The van der Waals surface area contributed by atoms with Crippen molar-refractivity contribution in [2.75, 3.05) is 0 Å². The average Bonchev–Trinajstić information content (AvgIpc) is 1.79. The largest absolute Gasteiger partial charge is 2.00 e. The Kier molecular flexibility index (Phi) is 15.4. The van der Waals surface area contributed by atoms with Crippen LogP contribution in [-0.2, 0) is 17.4 Å². The second kappa shape index (κ2) is 11.6. The summed E-state index contributed by atoms with van der Waals surface area (Å²) < 4.78 is 0. The second-order valence-electron chi connectivity index (χ2n) is 3.93. The molecule has 0 N–H and O–H groups in total. The molecule has 0 saturated heterocycles. The summed E-state index contributed by atoms with van der Waals surface area (Å²) in [5, 5.41) is 0. The van der Waals surface area contributed by atoms with Crippen molar-refractivity contribution in [3.8, 4) is 0 Å². The number of rotatable bonds is 2. The van der Waals surface area contributed by atoms with Crippen molar-refractivity contribution in [2.24, 2.45) is 0 Å². The molecule has 0 bridgehead atoms. The van der Waals surface area contributed by atoms with Gasteiger partial charge < -0.3 is 0 Å². The van der Waals surface area contributed by atoms with Crippen LogP contribution in [0.5, 0.6) is 0 Å². The summed E-state index contributed by atoms with van der Waals surface area (Å²) in [6.07, 6.45) is 3.89. The molecular weight excluding hydrogens is 220 g/mol. The van der Waals surface area contributed by atoms with Crippen molar-refractivity contribution in [3.63, 3.8) is 0 Å². The van der Waals surface area contributed by atoms with E-state index in [0.29, 0.717) is 0 Å². The van der Waals surface area contributed by atoms with E-state index in [1.165, 1.54) is 11.1 Å². The van der Waals surface area contributed by atoms with Crippen LogP contribution in [0, 0.1) is 13.2 Å². The Morgan fingerprint density at radius 2 is 0.867 bits per heavy atom. The van der Waals surface area contributed by atoms with Crippen LogP contribution < -0.4 is 0 Å². The first-order chi connectivity index (χ1) is 6.25. The van der Waals surface area contributed by atoms with E-state index < -0.39 is 0 Å². The van der Waals surface area contributed by atoms with Crippen LogP contribution in [0.25, 0.3) is 0 Å². The molecule has 15 heavy (non-hydrogen) atoms. The Balaban J connectivity index is -0.000000180. The maximum absolute atomic E-state index is 5.33. The van der Waals surface area contributed by atoms with Crippen molar-refractivity contribution < 1.29 is 17.4 Å². The molecule has 0 saturated carbocycles. The van der Waals surface area contributed by atoms with Crippen molar-refractivity contribution in [1.29, 1.82) is 0 Å². The molecule has 0 heterocycles. The summed E-state index contributed by atoms with van der Waals surface area (Å²) in [5.74, 6) is 0. The summed E-state index contributed by atoms with van der Waals surface area (Å²) >= 11 is 0. The summed E-state index contributed by atoms with van der Waals surface area (Å²) in [6, 6.07) is 0. The molecule has 0 atom stereocenters. The first-order valence-electron chi connectivity index (χ1n) is 4.73. The van der Waals surface area contributed by atoms with E-state index in [9.17, 15) is 0 Å². The standard InChI is InChI=1S/2C7H11.Cr/c2*1-6(2)5-7(3)4;/h2*1,5H,2-4H3;/q2*-1;+2. The molecule has 0 radical (unpaired) electrons. The zero-order chi connectivity index (χ0) is 11.7. The average molecular weight is 242 g/mol. The van der Waals surface area contributed by atoms with Gasteiger partial charge in [-0.25, -0.2) is 23.3 Å². The van der Waals surface area contributed by atoms with Crippen molar-refractivity contribution >= 4 is 0 Å². The van der Waals surface area contributed by atoms with Gasteiger partial charge in [0.1, 0.15) is 0 Å². The van der Waals surface area contributed by atoms with Gasteiger partial charge >= 0.3 is 17.4 Å². The minimum atomic E-state index is 0. The first-order valence-corrected chi connectivity index (χ1v) is 4.73. The summed E-state index contributed by atoms with van der Waals surface area (Å²) in [4.78, 5) is 0. The molecule has 0 nitrogen and oxygen atoms in total. The number of hydrogen-bond donors (Lipinski definition) is 0. The molecule has 0 spiro atoms. The summed E-state index contributed by atoms with van der Waals surface area (Å²) in [7, 11) is 0. The van der Waals surface area contributed by atoms with Gasteiger partial charge in [0.05, 0.1) is 0 Å². The maximum Gasteiger partial charge on any atom is 2.00 e. The Hall–Kier alpha value is -0.508. The molecule has 0 aromatic rings. The molecule has 0 aliphatic rings. The van der Waals surface area contributed by atoms with Gasteiger partial charge in [0.25, 0.3) is 0 Å². The normalized spacial score (nSPS) is 7.33. The smallest absolute Gasteiger partial charge is 0.290 e. The number of allylic oxidation sites excluding steroid dienone is 6. The molecular formula is C14H22Cr. The molecule has 0 aromatic carbocycles. The van der Waals surface area contributed by atoms with E-state index in [4.69, 9.17) is 13.2 Å². The van der Waals surface area contributed by atoms with E-state index in [0.717, 1.165) is 11.1 Å². The van der Waals surface area contributed by atoms with Gasteiger partial charge in [0.15, 0.2) is 0 Å². The van der Waals surface area contributed by atoms with E-state index in [2.05, 4.69) is 0 Å². The van der Waals surface area contributed by atoms with Gasteiger partial charge in [-0.05, 0) is 0 Å². The van der Waals surface area contributed by atoms with Crippen LogP contribution in [0.1, 0.15) is 41.5 Å². The quantitative estimate of drug-likeness (QED) is 0.488. The van der Waals surface area contributed by atoms with E-state index in [1.54, 1.807) is 0 Å². The molecule has 0 amide bonds. The third kappa shape index (κ3) is 31.7. The van der Waals surface area contributed by atoms with Crippen LogP contribution in [0.4, 0.5) is 0 Å². The molecule has 0 fully saturated rings. The zero-order valence-electron chi connectivity index (χ0n) is 10.7. The molecule has 0 aliphatic heterocycles. The van der Waals surface area contributed by atoms with Crippen LogP contribution in [0.3, 0.4) is 0 Å². The van der Waals surface area contributed by atoms with E-state index in [-0.39, 0.29) is 17.4 Å². The first kappa shape index (κ1) is 20.0. The van der Waals surface area contributed by atoms with Gasteiger partial charge in [-0.15, -0.1) is 0 Å². The van der Waals surface area contributed by atoms with Crippen molar-refractivity contribution in [2.45, 2.75) is 41.5 Å². The Morgan fingerprint density at radius 1 is 0.667 bits per heavy atom. The second-order valence-corrected chi connectivity index (χ2v) is 3.93. The molecule has 1 heteroatoms. The predicted molar refractivity (Wildman–Crippen MR) is 65.8 cm³/mol. The van der Waals surface area contributed by atoms with Crippen molar-refractivity contribution in [3.05, 3.63) is 47.6 Å². The van der Waals surface area contributed by atoms with Crippen LogP contribution in [-0.4, -0.2) is 0 Å². The Labute approximate surface area is 107 Å². The third-order valence-electron chi connectivity index (χ3n) is 1.03. The molecule has 0 rings (SSSR count). The van der Waals surface area contributed by atoms with Gasteiger partial charge in [-0.3, -0.25) is 13.2 Å². The molecule has 0 aromatic heterocycles. The monoisotopic (exact) mass is 242 g/mol. The van der Waals surface area contributed by atoms with Gasteiger partial charge in [-0.1, -0.05) is 41.5 Å². The summed E-state index contributed by atoms with van der Waals surface area (Å²) in [5.41, 5.74) is 4.25. The maximum atomic E-state index is 5.33.